The lowest BCUT2D eigenvalue weighted by Gasteiger charge is -2.38. The molecule has 2 heterocycles. The summed E-state index contributed by atoms with van der Waals surface area (Å²) in [5, 5.41) is 19.2. The molecule has 1 fully saturated rings. The number of carbonyl (C=O) groups is 1. The molecule has 0 radical (unpaired) electrons. The molecule has 4 N–H and O–H groups in total. The average molecular weight is 261 g/mol. The maximum Gasteiger partial charge on any atom is 0.407 e. The Morgan fingerprint density at radius 3 is 2.94 bits per heavy atom. The van der Waals surface area contributed by atoms with Crippen LogP contribution >= 0.6 is 11.3 Å². The van der Waals surface area contributed by atoms with Gasteiger partial charge in [-0.2, -0.15) is 0 Å². The maximum atomic E-state index is 13.9. The molecule has 1 aromatic rings. The van der Waals surface area contributed by atoms with Crippen molar-refractivity contribution < 1.29 is 19.4 Å². The van der Waals surface area contributed by atoms with Crippen LogP contribution in [-0.2, 0) is 5.60 Å². The number of hydrogen-bond donors (Lipinski definition) is 3. The van der Waals surface area contributed by atoms with Gasteiger partial charge in [-0.05, 0) is 0 Å². The van der Waals surface area contributed by atoms with Crippen LogP contribution in [0, 0.1) is 0 Å². The average Bonchev–Trinajstić information content (AvgIpc) is 2.69. The van der Waals surface area contributed by atoms with Gasteiger partial charge in [0, 0.05) is 19.2 Å². The minimum atomic E-state index is -1.68. The number of likely N-dealkylation sites (tertiary alicyclic amines) is 1. The number of thiazole rings is 1. The SMILES string of the molecule is Nc1ncc([C@]2(O)CCN(C(=O)O)C[C@H]2F)s1. The lowest BCUT2D eigenvalue weighted by molar-refractivity contribution is -0.0824. The monoisotopic (exact) mass is 261 g/mol. The molecule has 1 aliphatic rings. The van der Waals surface area contributed by atoms with E-state index in [1.807, 2.05) is 0 Å². The molecule has 8 heteroatoms. The Bertz CT molecular complexity index is 441. The van der Waals surface area contributed by atoms with Crippen molar-refractivity contribution in [2.75, 3.05) is 18.8 Å². The van der Waals surface area contributed by atoms with E-state index in [1.165, 1.54) is 6.20 Å². The van der Waals surface area contributed by atoms with E-state index in [1.54, 1.807) is 0 Å². The summed E-state index contributed by atoms with van der Waals surface area (Å²) in [6, 6.07) is 0. The topological polar surface area (TPSA) is 99.7 Å². The number of nitrogens with two attached hydrogens (primary N) is 1. The lowest BCUT2D eigenvalue weighted by Crippen LogP contribution is -2.52. The molecular weight excluding hydrogens is 249 g/mol. The van der Waals surface area contributed by atoms with Gasteiger partial charge in [-0.25, -0.2) is 14.2 Å². The van der Waals surface area contributed by atoms with Gasteiger partial charge < -0.3 is 20.8 Å². The van der Waals surface area contributed by atoms with Gasteiger partial charge in [0.1, 0.15) is 5.60 Å². The van der Waals surface area contributed by atoms with Gasteiger partial charge in [0.25, 0.3) is 0 Å². The molecule has 94 valence electrons. The normalized spacial score (nSPS) is 29.3. The molecule has 0 aromatic carbocycles. The van der Waals surface area contributed by atoms with Gasteiger partial charge in [0.15, 0.2) is 11.3 Å². The number of carboxylic acid groups (broad SMARTS) is 1. The van der Waals surface area contributed by atoms with Gasteiger partial charge in [-0.1, -0.05) is 11.3 Å². The third-order valence-corrected chi connectivity index (χ3v) is 3.88. The fraction of sp³-hybridized carbons (Fsp3) is 0.556. The molecule has 1 saturated heterocycles. The van der Waals surface area contributed by atoms with Crippen molar-refractivity contribution in [2.24, 2.45) is 0 Å². The first-order chi connectivity index (χ1) is 7.93. The van der Waals surface area contributed by atoms with Crippen LogP contribution in [0.3, 0.4) is 0 Å². The number of nitrogens with zero attached hydrogens (tertiary/aromatic N) is 2. The third-order valence-electron chi connectivity index (χ3n) is 2.88. The Morgan fingerprint density at radius 1 is 1.76 bits per heavy atom. The highest BCUT2D eigenvalue weighted by Gasteiger charge is 2.45. The van der Waals surface area contributed by atoms with Crippen molar-refractivity contribution in [2.45, 2.75) is 18.2 Å². The smallest absolute Gasteiger partial charge is 0.407 e. The first-order valence-electron chi connectivity index (χ1n) is 4.99. The fourth-order valence-electron chi connectivity index (χ4n) is 1.84. The first kappa shape index (κ1) is 12.1. The molecule has 0 saturated carbocycles. The van der Waals surface area contributed by atoms with Crippen molar-refractivity contribution >= 4 is 22.6 Å². The van der Waals surface area contributed by atoms with Crippen LogP contribution in [-0.4, -0.2) is 45.5 Å². The van der Waals surface area contributed by atoms with Gasteiger partial charge in [-0.15, -0.1) is 0 Å². The highest BCUT2D eigenvalue weighted by atomic mass is 32.1. The Morgan fingerprint density at radius 2 is 2.47 bits per heavy atom. The maximum absolute atomic E-state index is 13.9. The van der Waals surface area contributed by atoms with E-state index in [4.69, 9.17) is 10.8 Å². The first-order valence-corrected chi connectivity index (χ1v) is 5.81. The zero-order valence-corrected chi connectivity index (χ0v) is 9.65. The molecular formula is C9H12FN3O3S. The Kier molecular flexibility index (Phi) is 2.92. The zero-order chi connectivity index (χ0) is 12.6. The summed E-state index contributed by atoms with van der Waals surface area (Å²) in [5.41, 5.74) is 3.76. The second kappa shape index (κ2) is 4.11. The Labute approximate surface area is 100 Å². The summed E-state index contributed by atoms with van der Waals surface area (Å²) in [6.45, 7) is -0.256. The molecule has 2 rings (SSSR count). The summed E-state index contributed by atoms with van der Waals surface area (Å²) in [4.78, 5) is 15.8. The number of piperidine rings is 1. The molecule has 1 amide bonds. The lowest BCUT2D eigenvalue weighted by atomic mass is 9.88. The largest absolute Gasteiger partial charge is 0.465 e. The number of aliphatic hydroxyl groups is 1. The van der Waals surface area contributed by atoms with Gasteiger partial charge >= 0.3 is 6.09 Å². The van der Waals surface area contributed by atoms with Crippen LogP contribution in [0.1, 0.15) is 11.3 Å². The summed E-state index contributed by atoms with van der Waals surface area (Å²) >= 11 is 1.02. The van der Waals surface area contributed by atoms with Gasteiger partial charge in [0.05, 0.1) is 11.4 Å². The van der Waals surface area contributed by atoms with E-state index in [2.05, 4.69) is 4.98 Å². The number of nitrogen functional groups attached to an aromatic ring is 1. The van der Waals surface area contributed by atoms with Crippen LogP contribution < -0.4 is 5.73 Å². The second-order valence-corrected chi connectivity index (χ2v) is 5.00. The number of rotatable bonds is 1. The van der Waals surface area contributed by atoms with Gasteiger partial charge in [0.2, 0.25) is 0 Å². The molecule has 0 spiro atoms. The number of anilines is 1. The molecule has 0 bridgehead atoms. The molecule has 0 unspecified atom stereocenters. The third kappa shape index (κ3) is 2.05. The van der Waals surface area contributed by atoms with Crippen molar-refractivity contribution in [1.29, 1.82) is 0 Å². The van der Waals surface area contributed by atoms with Crippen molar-refractivity contribution in [3.63, 3.8) is 0 Å². The highest BCUT2D eigenvalue weighted by Crippen LogP contribution is 2.38. The highest BCUT2D eigenvalue weighted by molar-refractivity contribution is 7.15. The molecule has 17 heavy (non-hydrogen) atoms. The summed E-state index contributed by atoms with van der Waals surface area (Å²) in [5.74, 6) is 0. The number of alkyl halides is 1. The van der Waals surface area contributed by atoms with E-state index < -0.39 is 17.9 Å². The Balaban J connectivity index is 2.20. The van der Waals surface area contributed by atoms with Crippen molar-refractivity contribution in [1.82, 2.24) is 9.88 Å². The predicted octanol–water partition coefficient (Wildman–Crippen LogP) is 0.635. The second-order valence-electron chi connectivity index (χ2n) is 3.93. The quantitative estimate of drug-likeness (QED) is 0.688. The molecule has 2 atom stereocenters. The van der Waals surface area contributed by atoms with E-state index >= 15 is 0 Å². The zero-order valence-electron chi connectivity index (χ0n) is 8.84. The fourth-order valence-corrected chi connectivity index (χ4v) is 2.68. The Hall–Kier alpha value is -1.41. The number of halogens is 1. The van der Waals surface area contributed by atoms with E-state index in [-0.39, 0.29) is 24.6 Å². The summed E-state index contributed by atoms with van der Waals surface area (Å²) < 4.78 is 13.9. The van der Waals surface area contributed by atoms with E-state index in [9.17, 15) is 14.3 Å². The van der Waals surface area contributed by atoms with Crippen LogP contribution in [0.2, 0.25) is 0 Å². The number of aromatic nitrogens is 1. The van der Waals surface area contributed by atoms with Crippen LogP contribution in [0.15, 0.2) is 6.20 Å². The summed E-state index contributed by atoms with van der Waals surface area (Å²) in [7, 11) is 0. The number of hydrogen-bond acceptors (Lipinski definition) is 5. The van der Waals surface area contributed by atoms with E-state index in [0.717, 1.165) is 16.2 Å². The van der Waals surface area contributed by atoms with E-state index in [0.29, 0.717) is 4.88 Å². The molecule has 1 aliphatic heterocycles. The minimum absolute atomic E-state index is 0.00208. The minimum Gasteiger partial charge on any atom is -0.465 e. The standard InChI is InChI=1S/C9H12FN3O3S/c10-5-4-13(8(14)15)2-1-9(5,16)6-3-12-7(11)17-6/h3,5,16H,1-2,4H2,(H2,11,12)(H,14,15)/t5-,9+/m1/s1. The molecule has 1 aromatic heterocycles. The van der Waals surface area contributed by atoms with Crippen molar-refractivity contribution in [3.05, 3.63) is 11.1 Å². The van der Waals surface area contributed by atoms with Crippen LogP contribution in [0.25, 0.3) is 0 Å². The summed E-state index contributed by atoms with van der Waals surface area (Å²) in [6.07, 6.45) is -1.52. The van der Waals surface area contributed by atoms with Gasteiger partial charge in [-0.3, -0.25) is 0 Å². The number of amides is 1. The predicted molar refractivity (Wildman–Crippen MR) is 59.5 cm³/mol. The molecule has 6 nitrogen and oxygen atoms in total. The molecule has 0 aliphatic carbocycles. The van der Waals surface area contributed by atoms with Crippen molar-refractivity contribution in [3.8, 4) is 0 Å². The van der Waals surface area contributed by atoms with Crippen LogP contribution in [0.4, 0.5) is 14.3 Å². The van der Waals surface area contributed by atoms with Crippen LogP contribution in [0.5, 0.6) is 0 Å².